The van der Waals surface area contributed by atoms with Crippen molar-refractivity contribution in [1.82, 2.24) is 9.88 Å². The van der Waals surface area contributed by atoms with E-state index in [0.717, 1.165) is 24.0 Å². The van der Waals surface area contributed by atoms with Crippen molar-refractivity contribution in [3.8, 4) is 0 Å². The number of halogens is 1. The van der Waals surface area contributed by atoms with E-state index in [1.807, 2.05) is 6.20 Å². The average Bonchev–Trinajstić information content (AvgIpc) is 2.03. The van der Waals surface area contributed by atoms with E-state index in [2.05, 4.69) is 38.9 Å². The Morgan fingerprint density at radius 2 is 2.42 bits per heavy atom. The Morgan fingerprint density at radius 1 is 1.58 bits per heavy atom. The monoisotopic (exact) mass is 226 g/mol. The van der Waals surface area contributed by atoms with Crippen LogP contribution in [0.2, 0.25) is 0 Å². The highest BCUT2D eigenvalue weighted by molar-refractivity contribution is 9.10. The number of nitrogens with zero attached hydrogens (tertiary/aromatic N) is 2. The topological polar surface area (TPSA) is 16.1 Å². The van der Waals surface area contributed by atoms with Crippen LogP contribution in [0.25, 0.3) is 0 Å². The molecule has 0 aliphatic carbocycles. The van der Waals surface area contributed by atoms with Gasteiger partial charge in [-0.2, -0.15) is 0 Å². The first-order chi connectivity index (χ1) is 5.75. The van der Waals surface area contributed by atoms with Crippen LogP contribution in [0.4, 0.5) is 0 Å². The van der Waals surface area contributed by atoms with Crippen molar-refractivity contribution < 1.29 is 0 Å². The highest BCUT2D eigenvalue weighted by Crippen LogP contribution is 2.19. The Balaban J connectivity index is 2.37. The van der Waals surface area contributed by atoms with Crippen molar-refractivity contribution in [2.24, 2.45) is 0 Å². The molecule has 0 fully saturated rings. The smallest absolute Gasteiger partial charge is 0.0462 e. The molecule has 12 heavy (non-hydrogen) atoms. The van der Waals surface area contributed by atoms with Crippen molar-refractivity contribution in [3.05, 3.63) is 28.0 Å². The Labute approximate surface area is 80.7 Å². The molecule has 1 aliphatic heterocycles. The van der Waals surface area contributed by atoms with Crippen molar-refractivity contribution in [3.63, 3.8) is 0 Å². The van der Waals surface area contributed by atoms with Crippen LogP contribution in [-0.4, -0.2) is 23.5 Å². The summed E-state index contributed by atoms with van der Waals surface area (Å²) in [4.78, 5) is 6.70. The zero-order valence-electron chi connectivity index (χ0n) is 7.05. The second-order valence-electron chi connectivity index (χ2n) is 3.25. The van der Waals surface area contributed by atoms with Gasteiger partial charge in [-0.05, 0) is 34.6 Å². The Bertz CT molecular complexity index is 299. The second kappa shape index (κ2) is 3.15. The fourth-order valence-electron chi connectivity index (χ4n) is 1.54. The summed E-state index contributed by atoms with van der Waals surface area (Å²) in [6.07, 6.45) is 2.96. The molecular formula is C9H11BrN2. The maximum absolute atomic E-state index is 4.38. The molecule has 0 radical (unpaired) electrons. The van der Waals surface area contributed by atoms with Gasteiger partial charge < -0.3 is 4.90 Å². The lowest BCUT2D eigenvalue weighted by molar-refractivity contribution is 0.310. The number of rotatable bonds is 0. The van der Waals surface area contributed by atoms with E-state index in [0.29, 0.717) is 0 Å². The van der Waals surface area contributed by atoms with Crippen LogP contribution in [-0.2, 0) is 13.0 Å². The zero-order chi connectivity index (χ0) is 8.55. The van der Waals surface area contributed by atoms with Crippen LogP contribution in [0.1, 0.15) is 11.3 Å². The number of fused-ring (bicyclic) bond motifs is 1. The third kappa shape index (κ3) is 1.52. The summed E-state index contributed by atoms with van der Waals surface area (Å²) in [6, 6.07) is 2.16. The second-order valence-corrected chi connectivity index (χ2v) is 4.16. The average molecular weight is 227 g/mol. The van der Waals surface area contributed by atoms with E-state index in [1.165, 1.54) is 11.3 Å². The normalized spacial score (nSPS) is 17.5. The maximum atomic E-state index is 4.38. The molecule has 1 aromatic heterocycles. The van der Waals surface area contributed by atoms with Gasteiger partial charge in [0.15, 0.2) is 0 Å². The quantitative estimate of drug-likeness (QED) is 0.672. The van der Waals surface area contributed by atoms with Crippen LogP contribution in [0.15, 0.2) is 16.7 Å². The first-order valence-corrected chi connectivity index (χ1v) is 4.87. The van der Waals surface area contributed by atoms with Gasteiger partial charge in [0.25, 0.3) is 0 Å². The maximum Gasteiger partial charge on any atom is 0.0462 e. The number of likely N-dealkylation sites (N-methyl/N-ethyl adjacent to an activating group) is 1. The van der Waals surface area contributed by atoms with Crippen LogP contribution >= 0.6 is 15.9 Å². The van der Waals surface area contributed by atoms with E-state index < -0.39 is 0 Å². The van der Waals surface area contributed by atoms with E-state index in [1.54, 1.807) is 0 Å². The zero-order valence-corrected chi connectivity index (χ0v) is 8.63. The molecule has 0 amide bonds. The summed E-state index contributed by atoms with van der Waals surface area (Å²) in [5.74, 6) is 0. The van der Waals surface area contributed by atoms with Crippen molar-refractivity contribution in [1.29, 1.82) is 0 Å². The number of pyridine rings is 1. The highest BCUT2D eigenvalue weighted by Gasteiger charge is 2.13. The molecule has 0 spiro atoms. The van der Waals surface area contributed by atoms with Gasteiger partial charge in [-0.25, -0.2) is 0 Å². The molecule has 64 valence electrons. The van der Waals surface area contributed by atoms with Gasteiger partial charge in [0.2, 0.25) is 0 Å². The molecular weight excluding hydrogens is 216 g/mol. The van der Waals surface area contributed by atoms with Gasteiger partial charge in [-0.3, -0.25) is 4.98 Å². The molecule has 3 heteroatoms. The predicted octanol–water partition coefficient (Wildman–Crippen LogP) is 1.83. The summed E-state index contributed by atoms with van der Waals surface area (Å²) < 4.78 is 1.08. The number of hydrogen-bond donors (Lipinski definition) is 0. The third-order valence-corrected chi connectivity index (χ3v) is 2.63. The SMILES string of the molecule is CN1CCc2ncc(Br)cc2C1. The molecule has 2 nitrogen and oxygen atoms in total. The largest absolute Gasteiger partial charge is 0.302 e. The minimum absolute atomic E-state index is 1.03. The first-order valence-electron chi connectivity index (χ1n) is 4.07. The third-order valence-electron chi connectivity index (χ3n) is 2.20. The van der Waals surface area contributed by atoms with Crippen molar-refractivity contribution in [2.75, 3.05) is 13.6 Å². The molecule has 0 saturated heterocycles. The van der Waals surface area contributed by atoms with Crippen molar-refractivity contribution in [2.45, 2.75) is 13.0 Å². The summed E-state index contributed by atoms with van der Waals surface area (Å²) in [5.41, 5.74) is 2.62. The van der Waals surface area contributed by atoms with Crippen LogP contribution in [0.5, 0.6) is 0 Å². The van der Waals surface area contributed by atoms with Gasteiger partial charge in [0, 0.05) is 35.9 Å². The van der Waals surface area contributed by atoms with Gasteiger partial charge in [0.05, 0.1) is 0 Å². The molecule has 0 bridgehead atoms. The van der Waals surface area contributed by atoms with E-state index >= 15 is 0 Å². The molecule has 1 aliphatic rings. The predicted molar refractivity (Wildman–Crippen MR) is 52.0 cm³/mol. The molecule has 2 rings (SSSR count). The fraction of sp³-hybridized carbons (Fsp3) is 0.444. The summed E-state index contributed by atoms with van der Waals surface area (Å²) >= 11 is 3.43. The molecule has 2 heterocycles. The summed E-state index contributed by atoms with van der Waals surface area (Å²) in [5, 5.41) is 0. The molecule has 0 unspecified atom stereocenters. The Kier molecular flexibility index (Phi) is 2.15. The van der Waals surface area contributed by atoms with E-state index in [-0.39, 0.29) is 0 Å². The van der Waals surface area contributed by atoms with E-state index in [9.17, 15) is 0 Å². The lowest BCUT2D eigenvalue weighted by atomic mass is 10.1. The lowest BCUT2D eigenvalue weighted by Gasteiger charge is -2.23. The summed E-state index contributed by atoms with van der Waals surface area (Å²) in [7, 11) is 2.14. The fourth-order valence-corrected chi connectivity index (χ4v) is 1.92. The number of aromatic nitrogens is 1. The minimum atomic E-state index is 1.03. The lowest BCUT2D eigenvalue weighted by Crippen LogP contribution is -2.27. The Hall–Kier alpha value is -0.410. The minimum Gasteiger partial charge on any atom is -0.302 e. The Morgan fingerprint density at radius 3 is 3.25 bits per heavy atom. The van der Waals surface area contributed by atoms with Crippen molar-refractivity contribution >= 4 is 15.9 Å². The first kappa shape index (κ1) is 8.20. The molecule has 0 saturated carbocycles. The number of hydrogen-bond acceptors (Lipinski definition) is 2. The van der Waals surface area contributed by atoms with Gasteiger partial charge in [0.1, 0.15) is 0 Å². The van der Waals surface area contributed by atoms with Gasteiger partial charge >= 0.3 is 0 Å². The summed E-state index contributed by atoms with van der Waals surface area (Å²) in [6.45, 7) is 2.16. The molecule has 0 N–H and O–H groups in total. The standard InChI is InChI=1S/C9H11BrN2/c1-12-3-2-9-7(6-12)4-8(10)5-11-9/h4-5H,2-3,6H2,1H3. The van der Waals surface area contributed by atoms with E-state index in [4.69, 9.17) is 0 Å². The molecule has 0 aromatic carbocycles. The van der Waals surface area contributed by atoms with Gasteiger partial charge in [-0.15, -0.1) is 0 Å². The van der Waals surface area contributed by atoms with Crippen LogP contribution in [0.3, 0.4) is 0 Å². The highest BCUT2D eigenvalue weighted by atomic mass is 79.9. The molecule has 0 atom stereocenters. The van der Waals surface area contributed by atoms with Gasteiger partial charge in [-0.1, -0.05) is 0 Å². The van der Waals surface area contributed by atoms with Crippen LogP contribution < -0.4 is 0 Å². The van der Waals surface area contributed by atoms with Crippen LogP contribution in [0, 0.1) is 0 Å². The molecule has 1 aromatic rings.